The van der Waals surface area contributed by atoms with Gasteiger partial charge in [-0.1, -0.05) is 0 Å². The zero-order valence-corrected chi connectivity index (χ0v) is 12.2. The van der Waals surface area contributed by atoms with E-state index in [4.69, 9.17) is 0 Å². The number of nitrogens with one attached hydrogen (secondary N) is 1. The van der Waals surface area contributed by atoms with Crippen LogP contribution in [0.2, 0.25) is 0 Å². The van der Waals surface area contributed by atoms with Gasteiger partial charge in [0.25, 0.3) is 0 Å². The maximum absolute atomic E-state index is 4.06. The van der Waals surface area contributed by atoms with Gasteiger partial charge in [-0.25, -0.2) is 0 Å². The summed E-state index contributed by atoms with van der Waals surface area (Å²) >= 11 is 1.87. The van der Waals surface area contributed by atoms with Crippen molar-refractivity contribution in [3.05, 3.63) is 51.5 Å². The monoisotopic (exact) mass is 260 g/mol. The summed E-state index contributed by atoms with van der Waals surface area (Å²) in [7, 11) is 0. The molecule has 3 heteroatoms. The third kappa shape index (κ3) is 2.98. The van der Waals surface area contributed by atoms with Crippen LogP contribution in [0.25, 0.3) is 0 Å². The topological polar surface area (TPSA) is 24.9 Å². The number of nitrogens with zero attached hydrogens (tertiary/aromatic N) is 1. The maximum Gasteiger partial charge on any atom is 0.0308 e. The third-order valence-electron chi connectivity index (χ3n) is 3.25. The first-order chi connectivity index (χ1) is 8.58. The van der Waals surface area contributed by atoms with Crippen molar-refractivity contribution in [3.63, 3.8) is 0 Å². The maximum atomic E-state index is 4.06. The fourth-order valence-corrected chi connectivity index (χ4v) is 3.32. The Balaban J connectivity index is 2.08. The molecule has 2 atom stereocenters. The Morgan fingerprint density at radius 2 is 1.78 bits per heavy atom. The van der Waals surface area contributed by atoms with Crippen LogP contribution in [0.1, 0.15) is 46.8 Å². The van der Waals surface area contributed by atoms with Gasteiger partial charge in [0.15, 0.2) is 0 Å². The summed E-state index contributed by atoms with van der Waals surface area (Å²) < 4.78 is 0. The Morgan fingerprint density at radius 3 is 2.33 bits per heavy atom. The molecule has 0 aliphatic rings. The molecule has 1 N–H and O–H groups in total. The lowest BCUT2D eigenvalue weighted by atomic mass is 10.1. The van der Waals surface area contributed by atoms with Crippen LogP contribution in [0.3, 0.4) is 0 Å². The lowest BCUT2D eigenvalue weighted by Gasteiger charge is -2.20. The van der Waals surface area contributed by atoms with Crippen molar-refractivity contribution >= 4 is 11.3 Å². The number of thiophene rings is 1. The summed E-state index contributed by atoms with van der Waals surface area (Å²) in [5.74, 6) is 0. The van der Waals surface area contributed by atoms with Gasteiger partial charge in [0.2, 0.25) is 0 Å². The van der Waals surface area contributed by atoms with Crippen LogP contribution in [0.4, 0.5) is 0 Å². The molecule has 0 aromatic carbocycles. The lowest BCUT2D eigenvalue weighted by Crippen LogP contribution is -2.22. The Morgan fingerprint density at radius 1 is 1.11 bits per heavy atom. The van der Waals surface area contributed by atoms with E-state index in [2.05, 4.69) is 56.2 Å². The highest BCUT2D eigenvalue weighted by atomic mass is 32.1. The predicted molar refractivity (Wildman–Crippen MR) is 78.0 cm³/mol. The van der Waals surface area contributed by atoms with E-state index in [9.17, 15) is 0 Å². The SMILES string of the molecule is Cc1cc(C(C)N[C@@H](C)c2ccncc2)c(C)s1. The van der Waals surface area contributed by atoms with Crippen LogP contribution in [0.5, 0.6) is 0 Å². The molecular weight excluding hydrogens is 240 g/mol. The summed E-state index contributed by atoms with van der Waals surface area (Å²) in [4.78, 5) is 6.85. The van der Waals surface area contributed by atoms with Gasteiger partial charge in [0, 0.05) is 34.2 Å². The fraction of sp³-hybridized carbons (Fsp3) is 0.400. The number of aromatic nitrogens is 1. The molecule has 0 radical (unpaired) electrons. The fourth-order valence-electron chi connectivity index (χ4n) is 2.29. The molecule has 2 rings (SSSR count). The van der Waals surface area contributed by atoms with Gasteiger partial charge in [-0.3, -0.25) is 4.98 Å². The van der Waals surface area contributed by atoms with E-state index in [-0.39, 0.29) is 0 Å². The van der Waals surface area contributed by atoms with E-state index in [1.165, 1.54) is 20.9 Å². The second-order valence-electron chi connectivity index (χ2n) is 4.76. The van der Waals surface area contributed by atoms with Crippen molar-refractivity contribution in [2.24, 2.45) is 0 Å². The van der Waals surface area contributed by atoms with E-state index in [0.29, 0.717) is 12.1 Å². The first-order valence-electron chi connectivity index (χ1n) is 6.31. The van der Waals surface area contributed by atoms with Gasteiger partial charge in [0.1, 0.15) is 0 Å². The van der Waals surface area contributed by atoms with Crippen LogP contribution in [0.15, 0.2) is 30.6 Å². The number of aryl methyl sites for hydroxylation is 2. The standard InChI is InChI=1S/C15H20N2S/c1-10-9-15(13(4)18-10)12(3)17-11(2)14-5-7-16-8-6-14/h5-9,11-12,17H,1-4H3/t11-,12?/m0/s1. The van der Waals surface area contributed by atoms with Crippen LogP contribution in [-0.4, -0.2) is 4.98 Å². The predicted octanol–water partition coefficient (Wildman–Crippen LogP) is 4.17. The highest BCUT2D eigenvalue weighted by Crippen LogP contribution is 2.27. The van der Waals surface area contributed by atoms with E-state index in [0.717, 1.165) is 0 Å². The zero-order valence-electron chi connectivity index (χ0n) is 11.4. The first-order valence-corrected chi connectivity index (χ1v) is 7.12. The highest BCUT2D eigenvalue weighted by molar-refractivity contribution is 7.12. The van der Waals surface area contributed by atoms with E-state index in [1.54, 1.807) is 0 Å². The molecule has 2 nitrogen and oxygen atoms in total. The van der Waals surface area contributed by atoms with Gasteiger partial charge in [-0.05, 0) is 57.0 Å². The molecule has 1 unspecified atom stereocenters. The Labute approximate surface area is 113 Å². The number of hydrogen-bond donors (Lipinski definition) is 1. The molecule has 2 heterocycles. The van der Waals surface area contributed by atoms with Crippen molar-refractivity contribution in [3.8, 4) is 0 Å². The molecule has 0 fully saturated rings. The van der Waals surface area contributed by atoms with Crippen molar-refractivity contribution in [1.29, 1.82) is 0 Å². The van der Waals surface area contributed by atoms with Crippen LogP contribution < -0.4 is 5.32 Å². The molecule has 0 bridgehead atoms. The molecular formula is C15H20N2S. The largest absolute Gasteiger partial charge is 0.304 e. The number of pyridine rings is 1. The van der Waals surface area contributed by atoms with E-state index >= 15 is 0 Å². The molecule has 0 aliphatic carbocycles. The molecule has 18 heavy (non-hydrogen) atoms. The lowest BCUT2D eigenvalue weighted by molar-refractivity contribution is 0.494. The summed E-state index contributed by atoms with van der Waals surface area (Å²) in [5, 5.41) is 3.65. The molecule has 0 saturated heterocycles. The van der Waals surface area contributed by atoms with Crippen LogP contribution in [-0.2, 0) is 0 Å². The normalized spacial score (nSPS) is 14.4. The first kappa shape index (κ1) is 13.2. The van der Waals surface area contributed by atoms with Gasteiger partial charge in [0.05, 0.1) is 0 Å². The Kier molecular flexibility index (Phi) is 4.15. The summed E-state index contributed by atoms with van der Waals surface area (Å²) in [6, 6.07) is 7.13. The van der Waals surface area contributed by atoms with Gasteiger partial charge < -0.3 is 5.32 Å². The minimum absolute atomic E-state index is 0.336. The Hall–Kier alpha value is -1.19. The van der Waals surface area contributed by atoms with Crippen molar-refractivity contribution in [1.82, 2.24) is 10.3 Å². The third-order valence-corrected chi connectivity index (χ3v) is 4.23. The van der Waals surface area contributed by atoms with E-state index < -0.39 is 0 Å². The molecule has 0 spiro atoms. The average molecular weight is 260 g/mol. The molecule has 96 valence electrons. The second-order valence-corrected chi connectivity index (χ2v) is 6.22. The number of hydrogen-bond acceptors (Lipinski definition) is 3. The molecule has 0 saturated carbocycles. The molecule has 2 aromatic rings. The molecule has 0 aliphatic heterocycles. The van der Waals surface area contributed by atoms with Gasteiger partial charge in [-0.2, -0.15) is 0 Å². The smallest absolute Gasteiger partial charge is 0.0308 e. The molecule has 0 amide bonds. The quantitative estimate of drug-likeness (QED) is 0.892. The minimum Gasteiger partial charge on any atom is -0.304 e. The number of rotatable bonds is 4. The van der Waals surface area contributed by atoms with Gasteiger partial charge >= 0.3 is 0 Å². The van der Waals surface area contributed by atoms with Gasteiger partial charge in [-0.15, -0.1) is 11.3 Å². The van der Waals surface area contributed by atoms with Crippen LogP contribution in [0, 0.1) is 13.8 Å². The summed E-state index contributed by atoms with van der Waals surface area (Å²) in [6.45, 7) is 8.79. The van der Waals surface area contributed by atoms with Crippen LogP contribution >= 0.6 is 11.3 Å². The minimum atomic E-state index is 0.336. The summed E-state index contributed by atoms with van der Waals surface area (Å²) in [5.41, 5.74) is 2.69. The summed E-state index contributed by atoms with van der Waals surface area (Å²) in [6.07, 6.45) is 3.69. The second kappa shape index (κ2) is 5.63. The zero-order chi connectivity index (χ0) is 13.1. The van der Waals surface area contributed by atoms with Crippen molar-refractivity contribution in [2.75, 3.05) is 0 Å². The average Bonchev–Trinajstić information content (AvgIpc) is 2.69. The Bertz CT molecular complexity index is 504. The molecule has 2 aromatic heterocycles. The van der Waals surface area contributed by atoms with Crippen molar-refractivity contribution in [2.45, 2.75) is 39.8 Å². The van der Waals surface area contributed by atoms with Crippen molar-refractivity contribution < 1.29 is 0 Å². The highest BCUT2D eigenvalue weighted by Gasteiger charge is 2.14. The van der Waals surface area contributed by atoms with E-state index in [1.807, 2.05) is 23.7 Å².